The number of nitrogens with zero attached hydrogens (tertiary/aromatic N) is 1. The fraction of sp³-hybridized carbons (Fsp3) is 0.350. The van der Waals surface area contributed by atoms with Gasteiger partial charge < -0.3 is 15.4 Å². The Morgan fingerprint density at radius 2 is 1.74 bits per heavy atom. The summed E-state index contributed by atoms with van der Waals surface area (Å²) in [5.74, 6) is 0.266. The molecule has 2 aromatic rings. The largest absolute Gasteiger partial charge is 0.484 e. The highest BCUT2D eigenvalue weighted by Gasteiger charge is 2.35. The summed E-state index contributed by atoms with van der Waals surface area (Å²) in [5.41, 5.74) is 7.47. The number of likely N-dealkylation sites (tertiary alicyclic amines) is 1. The molecule has 1 aliphatic rings. The van der Waals surface area contributed by atoms with Crippen molar-refractivity contribution >= 4 is 5.91 Å². The summed E-state index contributed by atoms with van der Waals surface area (Å²) in [6.45, 7) is 0.245. The van der Waals surface area contributed by atoms with Gasteiger partial charge in [0.2, 0.25) is 0 Å². The number of rotatable bonds is 5. The van der Waals surface area contributed by atoms with E-state index < -0.39 is 12.8 Å². The van der Waals surface area contributed by atoms with Crippen molar-refractivity contribution in [3.8, 4) is 5.75 Å². The van der Waals surface area contributed by atoms with Crippen LogP contribution < -0.4 is 10.5 Å². The van der Waals surface area contributed by atoms with Gasteiger partial charge in [-0.2, -0.15) is 13.2 Å². The highest BCUT2D eigenvalue weighted by atomic mass is 19.4. The Labute approximate surface area is 155 Å². The lowest BCUT2D eigenvalue weighted by Gasteiger charge is -2.17. The summed E-state index contributed by atoms with van der Waals surface area (Å²) in [6.07, 6.45) is -4.40. The average Bonchev–Trinajstić information content (AvgIpc) is 3.11. The zero-order valence-corrected chi connectivity index (χ0v) is 14.7. The fourth-order valence-corrected chi connectivity index (χ4v) is 3.40. The van der Waals surface area contributed by atoms with Crippen LogP contribution in [0, 0.1) is 5.92 Å². The fourth-order valence-electron chi connectivity index (χ4n) is 3.40. The van der Waals surface area contributed by atoms with Gasteiger partial charge in [-0.05, 0) is 42.3 Å². The van der Waals surface area contributed by atoms with Gasteiger partial charge in [0.05, 0.1) is 0 Å². The molecule has 0 radical (unpaired) electrons. The molecule has 1 fully saturated rings. The predicted octanol–water partition coefficient (Wildman–Crippen LogP) is 3.44. The number of carbonyl (C=O) groups is 1. The summed E-state index contributed by atoms with van der Waals surface area (Å²) in [5, 5.41) is 0. The van der Waals surface area contributed by atoms with E-state index in [1.54, 1.807) is 4.90 Å². The normalized spacial score (nSPS) is 19.9. The first-order valence-corrected chi connectivity index (χ1v) is 8.71. The highest BCUT2D eigenvalue weighted by Crippen LogP contribution is 2.33. The van der Waals surface area contributed by atoms with E-state index in [1.807, 2.05) is 30.3 Å². The van der Waals surface area contributed by atoms with Crippen molar-refractivity contribution < 1.29 is 22.7 Å². The zero-order valence-electron chi connectivity index (χ0n) is 14.7. The van der Waals surface area contributed by atoms with Gasteiger partial charge in [-0.25, -0.2) is 0 Å². The summed E-state index contributed by atoms with van der Waals surface area (Å²) in [6, 6.07) is 15.7. The Balaban J connectivity index is 1.67. The number of amides is 1. The van der Waals surface area contributed by atoms with E-state index in [1.165, 1.54) is 24.3 Å². The van der Waals surface area contributed by atoms with Crippen molar-refractivity contribution in [2.45, 2.75) is 12.1 Å². The minimum Gasteiger partial charge on any atom is -0.484 e. The van der Waals surface area contributed by atoms with Crippen LogP contribution >= 0.6 is 0 Å². The van der Waals surface area contributed by atoms with Crippen LogP contribution in [0.15, 0.2) is 54.6 Å². The van der Waals surface area contributed by atoms with Gasteiger partial charge in [-0.3, -0.25) is 4.79 Å². The van der Waals surface area contributed by atoms with Crippen LogP contribution in [0.2, 0.25) is 0 Å². The number of hydrogen-bond donors (Lipinski definition) is 1. The van der Waals surface area contributed by atoms with Crippen molar-refractivity contribution in [3.63, 3.8) is 0 Å². The number of hydrogen-bond acceptors (Lipinski definition) is 3. The number of carbonyl (C=O) groups excluding carboxylic acids is 1. The monoisotopic (exact) mass is 378 g/mol. The third-order valence-electron chi connectivity index (χ3n) is 4.76. The molecule has 0 saturated carbocycles. The third kappa shape index (κ3) is 4.80. The molecule has 144 valence electrons. The standard InChI is InChI=1S/C20H21F3N2O2/c21-20(22,23)13-27-17-8-6-15(7-9-17)19(26)25-11-16(10-24)18(12-25)14-4-2-1-3-5-14/h1-9,16,18H,10-13,24H2/t16-,18+/m1/s1. The highest BCUT2D eigenvalue weighted by molar-refractivity contribution is 5.94. The molecule has 4 nitrogen and oxygen atoms in total. The Hall–Kier alpha value is -2.54. The van der Waals surface area contributed by atoms with Gasteiger partial charge >= 0.3 is 6.18 Å². The van der Waals surface area contributed by atoms with Crippen molar-refractivity contribution in [1.29, 1.82) is 0 Å². The van der Waals surface area contributed by atoms with Gasteiger partial charge in [-0.1, -0.05) is 30.3 Å². The molecule has 0 bridgehead atoms. The van der Waals surface area contributed by atoms with Crippen molar-refractivity contribution in [2.75, 3.05) is 26.2 Å². The van der Waals surface area contributed by atoms with Crippen LogP contribution in [0.25, 0.3) is 0 Å². The predicted molar refractivity (Wildman–Crippen MR) is 95.6 cm³/mol. The lowest BCUT2D eigenvalue weighted by atomic mass is 9.89. The zero-order chi connectivity index (χ0) is 19.4. The maximum absolute atomic E-state index is 12.8. The minimum absolute atomic E-state index is 0.0762. The van der Waals surface area contributed by atoms with E-state index in [4.69, 9.17) is 5.73 Å². The number of nitrogens with two attached hydrogens (primary N) is 1. The minimum atomic E-state index is -4.40. The number of benzene rings is 2. The molecule has 0 aliphatic carbocycles. The molecule has 0 spiro atoms. The second kappa shape index (κ2) is 8.00. The average molecular weight is 378 g/mol. The van der Waals surface area contributed by atoms with Crippen LogP contribution in [0.4, 0.5) is 13.2 Å². The van der Waals surface area contributed by atoms with Crippen LogP contribution in [0.3, 0.4) is 0 Å². The first-order valence-electron chi connectivity index (χ1n) is 8.71. The summed E-state index contributed by atoms with van der Waals surface area (Å²) in [7, 11) is 0. The molecule has 7 heteroatoms. The first kappa shape index (κ1) is 19.2. The van der Waals surface area contributed by atoms with Crippen LogP contribution in [0.5, 0.6) is 5.75 Å². The van der Waals surface area contributed by atoms with Gasteiger partial charge in [0, 0.05) is 24.6 Å². The summed E-state index contributed by atoms with van der Waals surface area (Å²) in [4.78, 5) is 14.5. The molecule has 2 aromatic carbocycles. The lowest BCUT2D eigenvalue weighted by molar-refractivity contribution is -0.153. The molecule has 27 heavy (non-hydrogen) atoms. The van der Waals surface area contributed by atoms with Crippen molar-refractivity contribution in [3.05, 3.63) is 65.7 Å². The smallest absolute Gasteiger partial charge is 0.422 e. The Kier molecular flexibility index (Phi) is 5.70. The van der Waals surface area contributed by atoms with E-state index in [-0.39, 0.29) is 23.5 Å². The van der Waals surface area contributed by atoms with Crippen LogP contribution in [0.1, 0.15) is 21.8 Å². The second-order valence-corrected chi connectivity index (χ2v) is 6.65. The van der Waals surface area contributed by atoms with Gasteiger partial charge in [0.1, 0.15) is 5.75 Å². The molecule has 1 amide bonds. The molecule has 1 aliphatic heterocycles. The number of ether oxygens (including phenoxy) is 1. The van der Waals surface area contributed by atoms with Gasteiger partial charge in [0.15, 0.2) is 6.61 Å². The Morgan fingerprint density at radius 3 is 2.33 bits per heavy atom. The summed E-state index contributed by atoms with van der Waals surface area (Å²) < 4.78 is 41.3. The van der Waals surface area contributed by atoms with E-state index >= 15 is 0 Å². The molecule has 2 atom stereocenters. The van der Waals surface area contributed by atoms with Crippen molar-refractivity contribution in [1.82, 2.24) is 4.90 Å². The van der Waals surface area contributed by atoms with Gasteiger partial charge in [-0.15, -0.1) is 0 Å². The number of halogens is 3. The molecule has 1 saturated heterocycles. The molecule has 0 unspecified atom stereocenters. The van der Waals surface area contributed by atoms with E-state index in [0.29, 0.717) is 25.2 Å². The SMILES string of the molecule is NC[C@@H]1CN(C(=O)c2ccc(OCC(F)(F)F)cc2)C[C@H]1c1ccccc1. The van der Waals surface area contributed by atoms with Crippen molar-refractivity contribution in [2.24, 2.45) is 11.7 Å². The topological polar surface area (TPSA) is 55.6 Å². The lowest BCUT2D eigenvalue weighted by Crippen LogP contribution is -2.29. The van der Waals surface area contributed by atoms with Crippen LogP contribution in [-0.2, 0) is 0 Å². The third-order valence-corrected chi connectivity index (χ3v) is 4.76. The van der Waals surface area contributed by atoms with Crippen LogP contribution in [-0.4, -0.2) is 43.2 Å². The number of alkyl halides is 3. The molecule has 2 N–H and O–H groups in total. The molecular weight excluding hydrogens is 357 g/mol. The molecule has 0 aromatic heterocycles. The van der Waals surface area contributed by atoms with Gasteiger partial charge in [0.25, 0.3) is 5.91 Å². The van der Waals surface area contributed by atoms with E-state index in [9.17, 15) is 18.0 Å². The molecule has 3 rings (SSSR count). The maximum atomic E-state index is 12.8. The Bertz CT molecular complexity index is 763. The maximum Gasteiger partial charge on any atom is 0.422 e. The van der Waals surface area contributed by atoms with E-state index in [0.717, 1.165) is 5.56 Å². The summed E-state index contributed by atoms with van der Waals surface area (Å²) >= 11 is 0. The first-order chi connectivity index (χ1) is 12.9. The van der Waals surface area contributed by atoms with E-state index in [2.05, 4.69) is 4.74 Å². The molecule has 1 heterocycles. The molecular formula is C20H21F3N2O2. The quantitative estimate of drug-likeness (QED) is 0.867. The Morgan fingerprint density at radius 1 is 1.07 bits per heavy atom. The second-order valence-electron chi connectivity index (χ2n) is 6.65.